The molecule has 2 heterocycles. The number of likely N-dealkylation sites (tertiary alicyclic amines) is 1. The normalized spacial score (nSPS) is 26.2. The standard InChI is InChI=1S/C18H31N3O/c1-14(22)16-9-6-10-21(12-16)13-17-11-20(2)19-18(17)15-7-4-3-5-8-15/h11,14-16,22H,3-10,12-13H2,1-2H3/t14-,16+/m1/s1. The summed E-state index contributed by atoms with van der Waals surface area (Å²) in [5.74, 6) is 1.10. The van der Waals surface area contributed by atoms with Crippen LogP contribution in [-0.4, -0.2) is 39.0 Å². The highest BCUT2D eigenvalue weighted by Gasteiger charge is 2.26. The van der Waals surface area contributed by atoms with Crippen LogP contribution >= 0.6 is 0 Å². The maximum atomic E-state index is 9.88. The van der Waals surface area contributed by atoms with Gasteiger partial charge in [-0.05, 0) is 45.1 Å². The Morgan fingerprint density at radius 1 is 1.23 bits per heavy atom. The fraction of sp³-hybridized carbons (Fsp3) is 0.833. The van der Waals surface area contributed by atoms with Gasteiger partial charge in [0.15, 0.2) is 0 Å². The van der Waals surface area contributed by atoms with Gasteiger partial charge in [-0.15, -0.1) is 0 Å². The molecule has 1 aromatic rings. The van der Waals surface area contributed by atoms with Crippen molar-refractivity contribution < 1.29 is 5.11 Å². The summed E-state index contributed by atoms with van der Waals surface area (Å²) in [5.41, 5.74) is 2.77. The van der Waals surface area contributed by atoms with Gasteiger partial charge in [0.05, 0.1) is 11.8 Å². The minimum absolute atomic E-state index is 0.186. The third-order valence-corrected chi connectivity index (χ3v) is 5.55. The van der Waals surface area contributed by atoms with Crippen molar-refractivity contribution >= 4 is 0 Å². The van der Waals surface area contributed by atoms with Gasteiger partial charge in [0.1, 0.15) is 0 Å². The van der Waals surface area contributed by atoms with Crippen molar-refractivity contribution in [2.45, 2.75) is 70.4 Å². The molecule has 1 aliphatic carbocycles. The largest absolute Gasteiger partial charge is 0.393 e. The maximum Gasteiger partial charge on any atom is 0.0700 e. The molecule has 1 aromatic heterocycles. The third-order valence-electron chi connectivity index (χ3n) is 5.55. The Labute approximate surface area is 134 Å². The summed E-state index contributed by atoms with van der Waals surface area (Å²) in [7, 11) is 2.05. The molecular formula is C18H31N3O. The van der Waals surface area contributed by atoms with Crippen molar-refractivity contribution in [3.8, 4) is 0 Å². The van der Waals surface area contributed by atoms with E-state index >= 15 is 0 Å². The van der Waals surface area contributed by atoms with Crippen molar-refractivity contribution in [2.75, 3.05) is 13.1 Å². The first-order chi connectivity index (χ1) is 10.6. The van der Waals surface area contributed by atoms with Gasteiger partial charge in [-0.3, -0.25) is 9.58 Å². The lowest BCUT2D eigenvalue weighted by atomic mass is 9.85. The van der Waals surface area contributed by atoms with Gasteiger partial charge in [-0.25, -0.2) is 0 Å². The van der Waals surface area contributed by atoms with Crippen LogP contribution in [0.15, 0.2) is 6.20 Å². The van der Waals surface area contributed by atoms with Gasteiger partial charge in [0, 0.05) is 37.8 Å². The molecule has 2 aliphatic rings. The average molecular weight is 305 g/mol. The van der Waals surface area contributed by atoms with Crippen molar-refractivity contribution in [1.29, 1.82) is 0 Å². The summed E-state index contributed by atoms with van der Waals surface area (Å²) >= 11 is 0. The van der Waals surface area contributed by atoms with Crippen molar-refractivity contribution in [3.63, 3.8) is 0 Å². The Bertz CT molecular complexity index is 477. The number of aliphatic hydroxyl groups excluding tert-OH is 1. The van der Waals surface area contributed by atoms with E-state index in [1.807, 2.05) is 18.7 Å². The van der Waals surface area contributed by atoms with E-state index in [0.717, 1.165) is 26.1 Å². The number of hydrogen-bond acceptors (Lipinski definition) is 3. The topological polar surface area (TPSA) is 41.3 Å². The molecule has 0 radical (unpaired) electrons. The Kier molecular flexibility index (Phi) is 5.19. The first kappa shape index (κ1) is 16.0. The minimum atomic E-state index is -0.186. The molecule has 0 bridgehead atoms. The molecule has 0 spiro atoms. The number of piperidine rings is 1. The highest BCUT2D eigenvalue weighted by Crippen LogP contribution is 2.34. The van der Waals surface area contributed by atoms with Gasteiger partial charge in [-0.2, -0.15) is 5.10 Å². The summed E-state index contributed by atoms with van der Waals surface area (Å²) in [6.07, 6.45) is 11.1. The number of nitrogens with zero attached hydrogens (tertiary/aromatic N) is 3. The molecule has 0 aromatic carbocycles. The second-order valence-electron chi connectivity index (χ2n) is 7.43. The molecule has 1 saturated heterocycles. The van der Waals surface area contributed by atoms with Crippen LogP contribution in [0.5, 0.6) is 0 Å². The SMILES string of the molecule is C[C@@H](O)[C@H]1CCCN(Cc2cn(C)nc2C2CCCCC2)C1. The predicted molar refractivity (Wildman–Crippen MR) is 88.7 cm³/mol. The van der Waals surface area contributed by atoms with Gasteiger partial charge >= 0.3 is 0 Å². The molecule has 4 heteroatoms. The maximum absolute atomic E-state index is 9.88. The van der Waals surface area contributed by atoms with E-state index < -0.39 is 0 Å². The number of hydrogen-bond donors (Lipinski definition) is 1. The van der Waals surface area contributed by atoms with Gasteiger partial charge in [0.25, 0.3) is 0 Å². The number of aromatic nitrogens is 2. The van der Waals surface area contributed by atoms with E-state index in [4.69, 9.17) is 5.10 Å². The highest BCUT2D eigenvalue weighted by molar-refractivity contribution is 5.21. The predicted octanol–water partition coefficient (Wildman–Crippen LogP) is 3.06. The molecule has 0 unspecified atom stereocenters. The van der Waals surface area contributed by atoms with Crippen molar-refractivity contribution in [3.05, 3.63) is 17.5 Å². The summed E-state index contributed by atoms with van der Waals surface area (Å²) < 4.78 is 2.00. The van der Waals surface area contributed by atoms with Crippen molar-refractivity contribution in [1.82, 2.24) is 14.7 Å². The van der Waals surface area contributed by atoms with Gasteiger partial charge < -0.3 is 5.11 Å². The molecule has 4 nitrogen and oxygen atoms in total. The smallest absolute Gasteiger partial charge is 0.0700 e. The second kappa shape index (κ2) is 7.14. The first-order valence-corrected chi connectivity index (χ1v) is 9.06. The van der Waals surface area contributed by atoms with E-state index in [2.05, 4.69) is 11.1 Å². The quantitative estimate of drug-likeness (QED) is 0.929. The Balaban J connectivity index is 1.69. The molecule has 1 aliphatic heterocycles. The van der Waals surface area contributed by atoms with Crippen LogP contribution in [0, 0.1) is 5.92 Å². The Hall–Kier alpha value is -0.870. The minimum Gasteiger partial charge on any atom is -0.393 e. The third kappa shape index (κ3) is 3.72. The monoisotopic (exact) mass is 305 g/mol. The van der Waals surface area contributed by atoms with E-state index in [1.165, 1.54) is 49.8 Å². The Morgan fingerprint density at radius 2 is 2.00 bits per heavy atom. The van der Waals surface area contributed by atoms with Crippen LogP contribution in [0.25, 0.3) is 0 Å². The first-order valence-electron chi connectivity index (χ1n) is 9.06. The van der Waals surface area contributed by atoms with Crippen LogP contribution in [0.1, 0.15) is 69.0 Å². The Morgan fingerprint density at radius 3 is 2.73 bits per heavy atom. The molecular weight excluding hydrogens is 274 g/mol. The summed E-state index contributed by atoms with van der Waals surface area (Å²) in [6, 6.07) is 0. The fourth-order valence-electron chi connectivity index (χ4n) is 4.27. The molecule has 124 valence electrons. The molecule has 2 atom stereocenters. The molecule has 1 N–H and O–H groups in total. The van der Waals surface area contributed by atoms with Crippen LogP contribution in [-0.2, 0) is 13.6 Å². The van der Waals surface area contributed by atoms with Crippen LogP contribution in [0.4, 0.5) is 0 Å². The summed E-state index contributed by atoms with van der Waals surface area (Å²) in [6.45, 7) is 5.12. The lowest BCUT2D eigenvalue weighted by molar-refractivity contribution is 0.0597. The molecule has 2 fully saturated rings. The van der Waals surface area contributed by atoms with E-state index in [9.17, 15) is 5.11 Å². The number of aliphatic hydroxyl groups is 1. The number of rotatable bonds is 4. The van der Waals surface area contributed by atoms with E-state index in [-0.39, 0.29) is 6.10 Å². The van der Waals surface area contributed by atoms with Crippen molar-refractivity contribution in [2.24, 2.45) is 13.0 Å². The molecule has 3 rings (SSSR count). The molecule has 1 saturated carbocycles. The zero-order chi connectivity index (χ0) is 15.5. The lowest BCUT2D eigenvalue weighted by Crippen LogP contribution is -2.39. The average Bonchev–Trinajstić information content (AvgIpc) is 2.89. The zero-order valence-corrected chi connectivity index (χ0v) is 14.2. The van der Waals surface area contributed by atoms with Gasteiger partial charge in [0.2, 0.25) is 0 Å². The highest BCUT2D eigenvalue weighted by atomic mass is 16.3. The van der Waals surface area contributed by atoms with Crippen LogP contribution in [0.2, 0.25) is 0 Å². The van der Waals surface area contributed by atoms with E-state index in [1.54, 1.807) is 0 Å². The van der Waals surface area contributed by atoms with Crippen LogP contribution < -0.4 is 0 Å². The number of aryl methyl sites for hydroxylation is 1. The fourth-order valence-corrected chi connectivity index (χ4v) is 4.27. The molecule has 0 amide bonds. The lowest BCUT2D eigenvalue weighted by Gasteiger charge is -2.34. The van der Waals surface area contributed by atoms with Crippen LogP contribution in [0.3, 0.4) is 0 Å². The zero-order valence-electron chi connectivity index (χ0n) is 14.2. The summed E-state index contributed by atoms with van der Waals surface area (Å²) in [4.78, 5) is 2.52. The molecule has 22 heavy (non-hydrogen) atoms. The second-order valence-corrected chi connectivity index (χ2v) is 7.43. The van der Waals surface area contributed by atoms with E-state index in [0.29, 0.717) is 11.8 Å². The van der Waals surface area contributed by atoms with Gasteiger partial charge in [-0.1, -0.05) is 19.3 Å². The summed E-state index contributed by atoms with van der Waals surface area (Å²) in [5, 5.41) is 14.7.